The highest BCUT2D eigenvalue weighted by atomic mass is 15.3. The van der Waals surface area contributed by atoms with E-state index in [4.69, 9.17) is 0 Å². The highest BCUT2D eigenvalue weighted by Crippen LogP contribution is 2.24. The lowest BCUT2D eigenvalue weighted by atomic mass is 9.99. The zero-order chi connectivity index (χ0) is 13.8. The first kappa shape index (κ1) is 13.8. The molecule has 1 N–H and O–H groups in total. The quantitative estimate of drug-likeness (QED) is 0.908. The summed E-state index contributed by atoms with van der Waals surface area (Å²) in [5.41, 5.74) is 1.34. The summed E-state index contributed by atoms with van der Waals surface area (Å²) >= 11 is 0. The first-order chi connectivity index (χ1) is 9.86. The second-order valence-electron chi connectivity index (χ2n) is 5.93. The van der Waals surface area contributed by atoms with Gasteiger partial charge in [-0.1, -0.05) is 13.3 Å². The maximum Gasteiger partial charge on any atom is 0.128 e. The molecule has 4 nitrogen and oxygen atoms in total. The Balaban J connectivity index is 1.66. The van der Waals surface area contributed by atoms with Gasteiger partial charge in [0.2, 0.25) is 0 Å². The summed E-state index contributed by atoms with van der Waals surface area (Å²) in [5.74, 6) is 1.16. The monoisotopic (exact) mass is 274 g/mol. The molecule has 1 atom stereocenters. The summed E-state index contributed by atoms with van der Waals surface area (Å²) in [6, 6.07) is 5.11. The molecule has 2 aliphatic heterocycles. The fraction of sp³-hybridized carbons (Fsp3) is 0.688. The first-order valence-corrected chi connectivity index (χ1v) is 8.01. The molecule has 0 bridgehead atoms. The molecule has 0 amide bonds. The maximum atomic E-state index is 4.59. The third-order valence-corrected chi connectivity index (χ3v) is 4.55. The van der Waals surface area contributed by atoms with Crippen molar-refractivity contribution in [2.75, 3.05) is 37.6 Å². The molecular formula is C16H26N4. The van der Waals surface area contributed by atoms with Crippen molar-refractivity contribution in [3.63, 3.8) is 0 Å². The van der Waals surface area contributed by atoms with Crippen LogP contribution in [0.5, 0.6) is 0 Å². The van der Waals surface area contributed by atoms with Gasteiger partial charge in [0, 0.05) is 38.4 Å². The molecule has 2 aliphatic rings. The maximum absolute atomic E-state index is 4.59. The van der Waals surface area contributed by atoms with Gasteiger partial charge in [0.25, 0.3) is 0 Å². The van der Waals surface area contributed by atoms with Crippen LogP contribution in [0.1, 0.15) is 31.7 Å². The Morgan fingerprint density at radius 1 is 1.30 bits per heavy atom. The third-order valence-electron chi connectivity index (χ3n) is 4.55. The van der Waals surface area contributed by atoms with Gasteiger partial charge >= 0.3 is 0 Å². The number of nitrogens with one attached hydrogen (secondary N) is 1. The van der Waals surface area contributed by atoms with Crippen LogP contribution in [0.3, 0.4) is 0 Å². The summed E-state index contributed by atoms with van der Waals surface area (Å²) in [4.78, 5) is 9.73. The fourth-order valence-electron chi connectivity index (χ4n) is 3.38. The topological polar surface area (TPSA) is 31.4 Å². The van der Waals surface area contributed by atoms with Gasteiger partial charge in [-0.15, -0.1) is 0 Å². The molecule has 2 saturated heterocycles. The SMILES string of the molecule is CCNCc1ccnc(N2CCN3CCCCC3C2)c1. The average Bonchev–Trinajstić information content (AvgIpc) is 2.53. The summed E-state index contributed by atoms with van der Waals surface area (Å²) in [6.07, 6.45) is 6.08. The summed E-state index contributed by atoms with van der Waals surface area (Å²) in [7, 11) is 0. The van der Waals surface area contributed by atoms with Crippen LogP contribution in [0.25, 0.3) is 0 Å². The van der Waals surface area contributed by atoms with E-state index in [1.165, 1.54) is 37.9 Å². The van der Waals surface area contributed by atoms with Gasteiger partial charge in [0.1, 0.15) is 5.82 Å². The molecule has 0 saturated carbocycles. The van der Waals surface area contributed by atoms with E-state index in [9.17, 15) is 0 Å². The van der Waals surface area contributed by atoms with Crippen molar-refractivity contribution >= 4 is 5.82 Å². The van der Waals surface area contributed by atoms with Crippen LogP contribution in [0.15, 0.2) is 18.3 Å². The van der Waals surface area contributed by atoms with Gasteiger partial charge in [-0.25, -0.2) is 4.98 Å². The van der Waals surface area contributed by atoms with Crippen molar-refractivity contribution in [1.82, 2.24) is 15.2 Å². The van der Waals surface area contributed by atoms with Crippen LogP contribution in [-0.4, -0.2) is 48.6 Å². The average molecular weight is 274 g/mol. The molecule has 0 aromatic carbocycles. The number of aromatic nitrogens is 1. The van der Waals surface area contributed by atoms with Gasteiger partial charge in [-0.2, -0.15) is 0 Å². The number of rotatable bonds is 4. The molecule has 1 aromatic heterocycles. The molecule has 2 fully saturated rings. The summed E-state index contributed by atoms with van der Waals surface area (Å²) in [5, 5.41) is 3.39. The van der Waals surface area contributed by atoms with Gasteiger partial charge in [-0.05, 0) is 43.6 Å². The lowest BCUT2D eigenvalue weighted by Crippen LogP contribution is -2.55. The van der Waals surface area contributed by atoms with Crippen LogP contribution >= 0.6 is 0 Å². The highest BCUT2D eigenvalue weighted by Gasteiger charge is 2.29. The molecular weight excluding hydrogens is 248 g/mol. The Kier molecular flexibility index (Phi) is 4.53. The Labute approximate surface area is 122 Å². The number of piperidine rings is 1. The third kappa shape index (κ3) is 3.13. The minimum Gasteiger partial charge on any atom is -0.354 e. The minimum atomic E-state index is 0.747. The van der Waals surface area contributed by atoms with E-state index in [0.717, 1.165) is 38.0 Å². The van der Waals surface area contributed by atoms with Gasteiger partial charge < -0.3 is 10.2 Å². The van der Waals surface area contributed by atoms with Crippen molar-refractivity contribution in [3.05, 3.63) is 23.9 Å². The molecule has 0 radical (unpaired) electrons. The van der Waals surface area contributed by atoms with Crippen molar-refractivity contribution < 1.29 is 0 Å². The summed E-state index contributed by atoms with van der Waals surface area (Å²) in [6.45, 7) is 8.86. The second-order valence-corrected chi connectivity index (χ2v) is 5.93. The Bertz CT molecular complexity index is 434. The van der Waals surface area contributed by atoms with Crippen molar-refractivity contribution in [2.24, 2.45) is 0 Å². The van der Waals surface area contributed by atoms with E-state index in [0.29, 0.717) is 0 Å². The number of hydrogen-bond donors (Lipinski definition) is 1. The van der Waals surface area contributed by atoms with Crippen LogP contribution in [0.4, 0.5) is 5.82 Å². The zero-order valence-electron chi connectivity index (χ0n) is 12.5. The molecule has 3 heterocycles. The second kappa shape index (κ2) is 6.55. The van der Waals surface area contributed by atoms with E-state index < -0.39 is 0 Å². The number of nitrogens with zero attached hydrogens (tertiary/aromatic N) is 3. The Hall–Kier alpha value is -1.13. The predicted octanol–water partition coefficient (Wildman–Crippen LogP) is 1.87. The molecule has 4 heteroatoms. The van der Waals surface area contributed by atoms with Crippen molar-refractivity contribution in [3.8, 4) is 0 Å². The largest absolute Gasteiger partial charge is 0.354 e. The predicted molar refractivity (Wildman–Crippen MR) is 83.0 cm³/mol. The molecule has 3 rings (SSSR count). The Morgan fingerprint density at radius 3 is 3.15 bits per heavy atom. The number of piperazine rings is 1. The first-order valence-electron chi connectivity index (χ1n) is 8.01. The van der Waals surface area contributed by atoms with Gasteiger partial charge in [-0.3, -0.25) is 4.90 Å². The molecule has 1 unspecified atom stereocenters. The normalized spacial score (nSPS) is 23.6. The number of anilines is 1. The molecule has 0 aliphatic carbocycles. The standard InChI is InChI=1S/C16H26N4/c1-2-17-12-14-6-7-18-16(11-14)20-10-9-19-8-4-3-5-15(19)13-20/h6-7,11,15,17H,2-5,8-10,12-13H2,1H3. The Morgan fingerprint density at radius 2 is 2.25 bits per heavy atom. The zero-order valence-corrected chi connectivity index (χ0v) is 12.5. The van der Waals surface area contributed by atoms with Crippen LogP contribution in [0.2, 0.25) is 0 Å². The minimum absolute atomic E-state index is 0.747. The lowest BCUT2D eigenvalue weighted by molar-refractivity contribution is 0.133. The van der Waals surface area contributed by atoms with Gasteiger partial charge in [0.15, 0.2) is 0 Å². The van der Waals surface area contributed by atoms with E-state index >= 15 is 0 Å². The number of hydrogen-bond acceptors (Lipinski definition) is 4. The van der Waals surface area contributed by atoms with Gasteiger partial charge in [0.05, 0.1) is 0 Å². The van der Waals surface area contributed by atoms with Crippen molar-refractivity contribution in [1.29, 1.82) is 0 Å². The van der Waals surface area contributed by atoms with Crippen LogP contribution in [-0.2, 0) is 6.54 Å². The highest BCUT2D eigenvalue weighted by molar-refractivity contribution is 5.42. The lowest BCUT2D eigenvalue weighted by Gasteiger charge is -2.44. The molecule has 20 heavy (non-hydrogen) atoms. The molecule has 0 spiro atoms. The van der Waals surface area contributed by atoms with E-state index in [1.807, 2.05) is 6.20 Å². The molecule has 1 aromatic rings. The van der Waals surface area contributed by atoms with E-state index in [1.54, 1.807) is 0 Å². The van der Waals surface area contributed by atoms with E-state index in [-0.39, 0.29) is 0 Å². The summed E-state index contributed by atoms with van der Waals surface area (Å²) < 4.78 is 0. The number of fused-ring (bicyclic) bond motifs is 1. The fourth-order valence-corrected chi connectivity index (χ4v) is 3.38. The van der Waals surface area contributed by atoms with Crippen LogP contribution in [0, 0.1) is 0 Å². The smallest absolute Gasteiger partial charge is 0.128 e. The van der Waals surface area contributed by atoms with Crippen LogP contribution < -0.4 is 10.2 Å². The van der Waals surface area contributed by atoms with E-state index in [2.05, 4.69) is 39.2 Å². The molecule has 110 valence electrons. The number of pyridine rings is 1. The van der Waals surface area contributed by atoms with Crippen molar-refractivity contribution in [2.45, 2.75) is 38.8 Å².